The number of benzene rings is 1. The Morgan fingerprint density at radius 3 is 2.44 bits per heavy atom. The highest BCUT2D eigenvalue weighted by Gasteiger charge is 2.39. The van der Waals surface area contributed by atoms with Crippen LogP contribution in [0, 0.1) is 13.8 Å². The SMILES string of the molecule is COc1c(Cl)cc(C)c(C)c1C1(N)CCC1. The minimum Gasteiger partial charge on any atom is -0.495 e. The molecule has 2 N–H and O–H groups in total. The van der Waals surface area contributed by atoms with Crippen LogP contribution in [-0.2, 0) is 5.54 Å². The predicted molar refractivity (Wildman–Crippen MR) is 67.2 cm³/mol. The van der Waals surface area contributed by atoms with E-state index in [1.807, 2.05) is 6.07 Å². The summed E-state index contributed by atoms with van der Waals surface area (Å²) in [6.07, 6.45) is 3.22. The van der Waals surface area contributed by atoms with Gasteiger partial charge in [0, 0.05) is 11.1 Å². The van der Waals surface area contributed by atoms with Crippen LogP contribution in [0.4, 0.5) is 0 Å². The lowest BCUT2D eigenvalue weighted by Crippen LogP contribution is -2.44. The fourth-order valence-electron chi connectivity index (χ4n) is 2.46. The number of hydrogen-bond acceptors (Lipinski definition) is 2. The molecule has 1 aromatic carbocycles. The molecule has 1 aromatic rings. The Kier molecular flexibility index (Phi) is 2.89. The van der Waals surface area contributed by atoms with Crippen LogP contribution in [0.1, 0.15) is 36.0 Å². The van der Waals surface area contributed by atoms with E-state index in [1.54, 1.807) is 7.11 Å². The van der Waals surface area contributed by atoms with Gasteiger partial charge in [-0.15, -0.1) is 0 Å². The van der Waals surface area contributed by atoms with Gasteiger partial charge in [-0.2, -0.15) is 0 Å². The molecule has 0 aliphatic heterocycles. The quantitative estimate of drug-likeness (QED) is 0.860. The van der Waals surface area contributed by atoms with Gasteiger partial charge < -0.3 is 10.5 Å². The third kappa shape index (κ3) is 1.61. The lowest BCUT2D eigenvalue weighted by molar-refractivity contribution is 0.242. The summed E-state index contributed by atoms with van der Waals surface area (Å²) in [5, 5.41) is 0.664. The molecule has 0 heterocycles. The molecule has 3 heteroatoms. The molecule has 0 aromatic heterocycles. The second-order valence-corrected chi connectivity index (χ2v) is 5.13. The summed E-state index contributed by atoms with van der Waals surface area (Å²) in [6.45, 7) is 4.16. The van der Waals surface area contributed by atoms with Crippen LogP contribution in [0.5, 0.6) is 5.75 Å². The van der Waals surface area contributed by atoms with Crippen LogP contribution in [0.25, 0.3) is 0 Å². The van der Waals surface area contributed by atoms with Crippen molar-refractivity contribution in [2.45, 2.75) is 38.6 Å². The van der Waals surface area contributed by atoms with Crippen molar-refractivity contribution in [1.82, 2.24) is 0 Å². The summed E-state index contributed by atoms with van der Waals surface area (Å²) in [5.74, 6) is 0.756. The van der Waals surface area contributed by atoms with E-state index in [4.69, 9.17) is 22.1 Å². The number of ether oxygens (including phenoxy) is 1. The molecule has 2 nitrogen and oxygen atoms in total. The Morgan fingerprint density at radius 1 is 1.38 bits per heavy atom. The minimum absolute atomic E-state index is 0.231. The van der Waals surface area contributed by atoms with Crippen molar-refractivity contribution in [3.05, 3.63) is 27.8 Å². The Balaban J connectivity index is 2.65. The average Bonchev–Trinajstić information content (AvgIpc) is 2.19. The smallest absolute Gasteiger partial charge is 0.142 e. The van der Waals surface area contributed by atoms with E-state index < -0.39 is 0 Å². The van der Waals surface area contributed by atoms with E-state index in [0.717, 1.165) is 24.2 Å². The standard InChI is InChI=1S/C13H18ClNO/c1-8-7-10(14)12(16-3)11(9(8)2)13(15)5-4-6-13/h7H,4-6,15H2,1-3H3. The summed E-state index contributed by atoms with van der Waals surface area (Å²) < 4.78 is 5.42. The summed E-state index contributed by atoms with van der Waals surface area (Å²) >= 11 is 6.21. The lowest BCUT2D eigenvalue weighted by atomic mass is 9.70. The van der Waals surface area contributed by atoms with E-state index in [-0.39, 0.29) is 5.54 Å². The minimum atomic E-state index is -0.231. The Labute approximate surface area is 102 Å². The van der Waals surface area contributed by atoms with E-state index in [2.05, 4.69) is 13.8 Å². The third-order valence-corrected chi connectivity index (χ3v) is 3.98. The van der Waals surface area contributed by atoms with Crippen LogP contribution < -0.4 is 10.5 Å². The van der Waals surface area contributed by atoms with Gasteiger partial charge in [0.05, 0.1) is 12.1 Å². The summed E-state index contributed by atoms with van der Waals surface area (Å²) in [7, 11) is 1.65. The van der Waals surface area contributed by atoms with Gasteiger partial charge in [-0.1, -0.05) is 11.6 Å². The van der Waals surface area contributed by atoms with Gasteiger partial charge >= 0.3 is 0 Å². The first-order valence-electron chi connectivity index (χ1n) is 5.62. The highest BCUT2D eigenvalue weighted by atomic mass is 35.5. The molecular weight excluding hydrogens is 222 g/mol. The number of methoxy groups -OCH3 is 1. The molecule has 0 bridgehead atoms. The van der Waals surface area contributed by atoms with E-state index in [0.29, 0.717) is 5.02 Å². The van der Waals surface area contributed by atoms with Crippen molar-refractivity contribution in [3.63, 3.8) is 0 Å². The topological polar surface area (TPSA) is 35.2 Å². The maximum Gasteiger partial charge on any atom is 0.142 e. The normalized spacial score (nSPS) is 18.1. The number of nitrogens with two attached hydrogens (primary N) is 1. The molecule has 0 radical (unpaired) electrons. The van der Waals surface area contributed by atoms with Crippen LogP contribution in [0.15, 0.2) is 6.07 Å². The van der Waals surface area contributed by atoms with E-state index in [9.17, 15) is 0 Å². The van der Waals surface area contributed by atoms with Crippen LogP contribution in [-0.4, -0.2) is 7.11 Å². The highest BCUT2D eigenvalue weighted by Crippen LogP contribution is 2.47. The van der Waals surface area contributed by atoms with Crippen LogP contribution >= 0.6 is 11.6 Å². The Morgan fingerprint density at radius 2 is 2.00 bits per heavy atom. The molecule has 0 amide bonds. The van der Waals surface area contributed by atoms with Gasteiger partial charge in [0.1, 0.15) is 5.75 Å². The zero-order chi connectivity index (χ0) is 11.9. The average molecular weight is 240 g/mol. The molecule has 0 saturated heterocycles. The molecule has 16 heavy (non-hydrogen) atoms. The molecule has 1 fully saturated rings. The van der Waals surface area contributed by atoms with E-state index >= 15 is 0 Å². The van der Waals surface area contributed by atoms with E-state index in [1.165, 1.54) is 17.5 Å². The zero-order valence-electron chi connectivity index (χ0n) is 10.1. The maximum absolute atomic E-state index is 6.40. The zero-order valence-corrected chi connectivity index (χ0v) is 10.8. The predicted octanol–water partition coefficient (Wildman–Crippen LogP) is 3.30. The summed E-state index contributed by atoms with van der Waals surface area (Å²) in [4.78, 5) is 0. The second kappa shape index (κ2) is 3.94. The maximum atomic E-state index is 6.40. The monoisotopic (exact) mass is 239 g/mol. The first-order valence-corrected chi connectivity index (χ1v) is 6.00. The number of aryl methyl sites for hydroxylation is 1. The van der Waals surface area contributed by atoms with Gasteiger partial charge in [-0.05, 0) is 50.3 Å². The van der Waals surface area contributed by atoms with Crippen molar-refractivity contribution in [3.8, 4) is 5.75 Å². The van der Waals surface area contributed by atoms with Crippen molar-refractivity contribution >= 4 is 11.6 Å². The first-order chi connectivity index (χ1) is 7.49. The molecule has 1 aliphatic carbocycles. The molecule has 2 rings (SSSR count). The Hall–Kier alpha value is -0.730. The van der Waals surface area contributed by atoms with Crippen molar-refractivity contribution < 1.29 is 4.74 Å². The summed E-state index contributed by atoms with van der Waals surface area (Å²) in [6, 6.07) is 1.95. The van der Waals surface area contributed by atoms with Gasteiger partial charge in [0.2, 0.25) is 0 Å². The van der Waals surface area contributed by atoms with Crippen LogP contribution in [0.3, 0.4) is 0 Å². The van der Waals surface area contributed by atoms with Gasteiger partial charge in [-0.25, -0.2) is 0 Å². The highest BCUT2D eigenvalue weighted by molar-refractivity contribution is 6.32. The third-order valence-electron chi connectivity index (χ3n) is 3.70. The Bertz CT molecular complexity index is 424. The van der Waals surface area contributed by atoms with Crippen molar-refractivity contribution in [2.24, 2.45) is 5.73 Å². The van der Waals surface area contributed by atoms with Crippen LogP contribution in [0.2, 0.25) is 5.02 Å². The van der Waals surface area contributed by atoms with Gasteiger partial charge in [0.25, 0.3) is 0 Å². The number of rotatable bonds is 2. The lowest BCUT2D eigenvalue weighted by Gasteiger charge is -2.41. The molecule has 0 unspecified atom stereocenters. The number of halogens is 1. The summed E-state index contributed by atoms with van der Waals surface area (Å²) in [5.41, 5.74) is 9.66. The largest absolute Gasteiger partial charge is 0.495 e. The molecule has 1 aliphatic rings. The molecule has 1 saturated carbocycles. The second-order valence-electron chi connectivity index (χ2n) is 4.72. The fourth-order valence-corrected chi connectivity index (χ4v) is 2.79. The first kappa shape index (κ1) is 11.7. The van der Waals surface area contributed by atoms with Gasteiger partial charge in [0.15, 0.2) is 0 Å². The molecule has 0 atom stereocenters. The fraction of sp³-hybridized carbons (Fsp3) is 0.538. The number of hydrogen-bond donors (Lipinski definition) is 1. The molecular formula is C13H18ClNO. The van der Waals surface area contributed by atoms with Crippen molar-refractivity contribution in [2.75, 3.05) is 7.11 Å². The molecule has 0 spiro atoms. The van der Waals surface area contributed by atoms with Crippen molar-refractivity contribution in [1.29, 1.82) is 0 Å². The van der Waals surface area contributed by atoms with Gasteiger partial charge in [-0.3, -0.25) is 0 Å². The molecule has 88 valence electrons.